The number of aliphatic carboxylic acids is 1. The van der Waals surface area contributed by atoms with E-state index in [1.54, 1.807) is 0 Å². The Bertz CT molecular complexity index is 737. The summed E-state index contributed by atoms with van der Waals surface area (Å²) in [6.45, 7) is 4.86. The molecule has 2 unspecified atom stereocenters. The third-order valence-electron chi connectivity index (χ3n) is 7.75. The number of esters is 1. The van der Waals surface area contributed by atoms with Gasteiger partial charge in [-0.1, -0.05) is 116 Å². The molecule has 0 aliphatic carbocycles. The van der Waals surface area contributed by atoms with Gasteiger partial charge in [-0.2, -0.15) is 0 Å². The van der Waals surface area contributed by atoms with Crippen LogP contribution in [0.2, 0.25) is 0 Å². The van der Waals surface area contributed by atoms with Crippen LogP contribution in [-0.2, 0) is 19.1 Å². The minimum Gasteiger partial charge on any atom is -0.480 e. The molecule has 0 radical (unpaired) electrons. The standard InChI is InChI=1S/C36H66N2O5/c1-3-5-7-9-11-13-14-16-18-24-30-35(40)43-32(26-21-17-15-12-10-8-6-4-2)27-22-19-20-23-29-34(39)38-33(36(41)42)28-25-31-37/h12,15,21,26,32-33H,3-11,13-14,16-20,22-25,27-31,37H2,1-2H3,(H,38,39)(H,41,42)/b15-12-,26-21-. The van der Waals surface area contributed by atoms with Crippen LogP contribution in [0.1, 0.15) is 168 Å². The van der Waals surface area contributed by atoms with Crippen LogP contribution in [0.3, 0.4) is 0 Å². The monoisotopic (exact) mass is 606 g/mol. The molecule has 0 aliphatic rings. The molecule has 0 heterocycles. The van der Waals surface area contributed by atoms with E-state index in [9.17, 15) is 19.5 Å². The van der Waals surface area contributed by atoms with Crippen molar-refractivity contribution in [2.45, 2.75) is 180 Å². The van der Waals surface area contributed by atoms with E-state index in [-0.39, 0.29) is 18.0 Å². The normalized spacial score (nSPS) is 13.0. The number of hydrogen-bond acceptors (Lipinski definition) is 5. The van der Waals surface area contributed by atoms with Crippen LogP contribution in [0.5, 0.6) is 0 Å². The zero-order chi connectivity index (χ0) is 31.8. The molecule has 0 aromatic carbocycles. The van der Waals surface area contributed by atoms with Crippen molar-refractivity contribution in [1.82, 2.24) is 5.32 Å². The summed E-state index contributed by atoms with van der Waals surface area (Å²) in [4.78, 5) is 36.0. The van der Waals surface area contributed by atoms with E-state index in [0.717, 1.165) is 51.4 Å². The van der Waals surface area contributed by atoms with Gasteiger partial charge in [0.05, 0.1) is 0 Å². The third-order valence-corrected chi connectivity index (χ3v) is 7.75. The number of carboxylic acid groups (broad SMARTS) is 1. The first-order valence-corrected chi connectivity index (χ1v) is 17.7. The Morgan fingerprint density at radius 1 is 0.698 bits per heavy atom. The quantitative estimate of drug-likeness (QED) is 0.0412. The van der Waals surface area contributed by atoms with Gasteiger partial charge >= 0.3 is 11.9 Å². The fourth-order valence-electron chi connectivity index (χ4n) is 5.04. The number of hydrogen-bond donors (Lipinski definition) is 3. The number of unbranched alkanes of at least 4 members (excludes halogenated alkanes) is 15. The predicted molar refractivity (Wildman–Crippen MR) is 179 cm³/mol. The summed E-state index contributed by atoms with van der Waals surface area (Å²) in [7, 11) is 0. The largest absolute Gasteiger partial charge is 0.480 e. The second kappa shape index (κ2) is 31.3. The van der Waals surface area contributed by atoms with Crippen molar-refractivity contribution in [1.29, 1.82) is 0 Å². The van der Waals surface area contributed by atoms with Crippen LogP contribution >= 0.6 is 0 Å². The number of rotatable bonds is 31. The molecule has 0 fully saturated rings. The molecule has 250 valence electrons. The minimum atomic E-state index is -1.02. The third kappa shape index (κ3) is 28.4. The van der Waals surface area contributed by atoms with Crippen LogP contribution < -0.4 is 11.1 Å². The maximum Gasteiger partial charge on any atom is 0.326 e. The molecule has 0 aliphatic heterocycles. The molecule has 1 amide bonds. The number of amides is 1. The van der Waals surface area contributed by atoms with Gasteiger partial charge < -0.3 is 20.9 Å². The molecular formula is C36H66N2O5. The molecule has 0 bridgehead atoms. The number of allylic oxidation sites excluding steroid dienone is 3. The Balaban J connectivity index is 4.41. The predicted octanol–water partition coefficient (Wildman–Crippen LogP) is 8.94. The Hall–Kier alpha value is -2.15. The number of nitrogens with two attached hydrogens (primary N) is 1. The second-order valence-corrected chi connectivity index (χ2v) is 11.9. The van der Waals surface area contributed by atoms with Gasteiger partial charge in [-0.25, -0.2) is 4.79 Å². The fraction of sp³-hybridized carbons (Fsp3) is 0.806. The van der Waals surface area contributed by atoms with Gasteiger partial charge in [0, 0.05) is 12.8 Å². The van der Waals surface area contributed by atoms with Crippen LogP contribution in [0.25, 0.3) is 0 Å². The zero-order valence-electron chi connectivity index (χ0n) is 27.8. The highest BCUT2D eigenvalue weighted by Crippen LogP contribution is 2.15. The highest BCUT2D eigenvalue weighted by atomic mass is 16.5. The number of carbonyl (C=O) groups is 3. The van der Waals surface area contributed by atoms with Gasteiger partial charge in [-0.05, 0) is 70.4 Å². The molecule has 0 rings (SSSR count). The summed E-state index contributed by atoms with van der Waals surface area (Å²) in [5.74, 6) is -1.35. The lowest BCUT2D eigenvalue weighted by Gasteiger charge is -2.15. The lowest BCUT2D eigenvalue weighted by molar-refractivity contribution is -0.147. The van der Waals surface area contributed by atoms with E-state index in [1.807, 2.05) is 6.08 Å². The van der Waals surface area contributed by atoms with Gasteiger partial charge in [0.15, 0.2) is 0 Å². The SMILES string of the molecule is CCCCC/C=C\C/C=C\C(CCCCCCC(=O)NC(CCCN)C(=O)O)OC(=O)CCCCCCCCCCCC. The number of carboxylic acids is 1. The van der Waals surface area contributed by atoms with E-state index < -0.39 is 12.0 Å². The summed E-state index contributed by atoms with van der Waals surface area (Å²) in [6.07, 6.45) is 32.3. The first-order chi connectivity index (χ1) is 20.9. The fourth-order valence-corrected chi connectivity index (χ4v) is 5.04. The van der Waals surface area contributed by atoms with Gasteiger partial charge in [-0.15, -0.1) is 0 Å². The second-order valence-electron chi connectivity index (χ2n) is 11.9. The molecule has 0 saturated heterocycles. The average molecular weight is 607 g/mol. The molecule has 0 aromatic rings. The highest BCUT2D eigenvalue weighted by Gasteiger charge is 2.18. The highest BCUT2D eigenvalue weighted by molar-refractivity contribution is 5.83. The summed E-state index contributed by atoms with van der Waals surface area (Å²) in [5.41, 5.74) is 5.46. The van der Waals surface area contributed by atoms with E-state index >= 15 is 0 Å². The minimum absolute atomic E-state index is 0.108. The van der Waals surface area contributed by atoms with Crippen LogP contribution in [0, 0.1) is 0 Å². The molecule has 4 N–H and O–H groups in total. The van der Waals surface area contributed by atoms with E-state index in [1.165, 1.54) is 70.6 Å². The van der Waals surface area contributed by atoms with Crippen LogP contribution in [-0.4, -0.2) is 41.6 Å². The van der Waals surface area contributed by atoms with Crippen molar-refractivity contribution < 1.29 is 24.2 Å². The Labute approximate surface area is 263 Å². The van der Waals surface area contributed by atoms with E-state index in [4.69, 9.17) is 10.5 Å². The molecule has 0 spiro atoms. The van der Waals surface area contributed by atoms with Gasteiger partial charge in [0.1, 0.15) is 12.1 Å². The summed E-state index contributed by atoms with van der Waals surface area (Å²) in [6, 6.07) is -0.871. The van der Waals surface area contributed by atoms with Crippen molar-refractivity contribution in [3.05, 3.63) is 24.3 Å². The molecule has 7 heteroatoms. The maximum atomic E-state index is 12.6. The van der Waals surface area contributed by atoms with Gasteiger partial charge in [0.2, 0.25) is 5.91 Å². The van der Waals surface area contributed by atoms with Crippen LogP contribution in [0.4, 0.5) is 0 Å². The maximum absolute atomic E-state index is 12.6. The molecule has 7 nitrogen and oxygen atoms in total. The number of carbonyl (C=O) groups excluding carboxylic acids is 2. The molecule has 43 heavy (non-hydrogen) atoms. The zero-order valence-corrected chi connectivity index (χ0v) is 27.8. The van der Waals surface area contributed by atoms with Crippen LogP contribution in [0.15, 0.2) is 24.3 Å². The van der Waals surface area contributed by atoms with E-state index in [0.29, 0.717) is 38.6 Å². The molecule has 0 saturated carbocycles. The number of ether oxygens (including phenoxy) is 1. The molecule has 0 aromatic heterocycles. The van der Waals surface area contributed by atoms with Crippen molar-refractivity contribution in [3.63, 3.8) is 0 Å². The summed E-state index contributed by atoms with van der Waals surface area (Å²) < 4.78 is 5.86. The Morgan fingerprint density at radius 2 is 1.28 bits per heavy atom. The Morgan fingerprint density at radius 3 is 1.91 bits per heavy atom. The lowest BCUT2D eigenvalue weighted by atomic mass is 10.1. The number of nitrogens with one attached hydrogen (secondary N) is 1. The summed E-state index contributed by atoms with van der Waals surface area (Å²) >= 11 is 0. The topological polar surface area (TPSA) is 119 Å². The van der Waals surface area contributed by atoms with Crippen molar-refractivity contribution in [3.8, 4) is 0 Å². The van der Waals surface area contributed by atoms with Crippen molar-refractivity contribution in [2.24, 2.45) is 5.73 Å². The first kappa shape index (κ1) is 40.9. The van der Waals surface area contributed by atoms with Crippen molar-refractivity contribution in [2.75, 3.05) is 6.54 Å². The average Bonchev–Trinajstić information content (AvgIpc) is 2.98. The lowest BCUT2D eigenvalue weighted by Crippen LogP contribution is -2.40. The van der Waals surface area contributed by atoms with E-state index in [2.05, 4.69) is 37.4 Å². The first-order valence-electron chi connectivity index (χ1n) is 17.7. The Kier molecular flexibility index (Phi) is 29.7. The smallest absolute Gasteiger partial charge is 0.326 e. The van der Waals surface area contributed by atoms with Crippen molar-refractivity contribution >= 4 is 17.8 Å². The van der Waals surface area contributed by atoms with Gasteiger partial charge in [-0.3, -0.25) is 9.59 Å². The van der Waals surface area contributed by atoms with Gasteiger partial charge in [0.25, 0.3) is 0 Å². The summed E-state index contributed by atoms with van der Waals surface area (Å²) in [5, 5.41) is 11.9. The molecule has 2 atom stereocenters. The molecular weight excluding hydrogens is 540 g/mol.